The number of nitrogens with one attached hydrogen (secondary N) is 1. The Balaban J connectivity index is 1.40. The van der Waals surface area contributed by atoms with Crippen molar-refractivity contribution in [3.8, 4) is 0 Å². The minimum atomic E-state index is 0.0338. The molecule has 1 aliphatic rings. The number of hydrogen-bond donors (Lipinski definition) is 1. The van der Waals surface area contributed by atoms with Gasteiger partial charge in [-0.15, -0.1) is 0 Å². The quantitative estimate of drug-likeness (QED) is 0.660. The smallest absolute Gasteiger partial charge is 0.229 e. The molecule has 2 aromatic carbocycles. The van der Waals surface area contributed by atoms with E-state index in [1.807, 2.05) is 29.1 Å². The summed E-state index contributed by atoms with van der Waals surface area (Å²) in [7, 11) is 0. The summed E-state index contributed by atoms with van der Waals surface area (Å²) in [5, 5.41) is 7.48. The molecule has 2 atom stereocenters. The van der Waals surface area contributed by atoms with Crippen molar-refractivity contribution in [2.45, 2.75) is 25.8 Å². The second kappa shape index (κ2) is 7.08. The molecule has 4 nitrogen and oxygen atoms in total. The maximum Gasteiger partial charge on any atom is 0.229 e. The Morgan fingerprint density at radius 1 is 1.19 bits per heavy atom. The second-order valence-corrected chi connectivity index (χ2v) is 7.71. The standard InChI is InChI=1S/C21H20BrN3O/c1-14-7-9-15(10-8-14)12-25-13-19(22)20(24-25)23-21(26)18-11-17(18)16-5-3-2-4-6-16/h2-10,13,17-18H,11-12H2,1H3,(H,23,24,26)/t17-,18+/m1/s1. The zero-order valence-electron chi connectivity index (χ0n) is 14.5. The van der Waals surface area contributed by atoms with Crippen LogP contribution in [-0.2, 0) is 11.3 Å². The molecule has 0 spiro atoms. The lowest BCUT2D eigenvalue weighted by Gasteiger charge is -2.04. The maximum atomic E-state index is 12.5. The first kappa shape index (κ1) is 17.0. The molecule has 3 aromatic rings. The molecule has 132 valence electrons. The molecule has 1 N–H and O–H groups in total. The van der Waals surface area contributed by atoms with Crippen molar-refractivity contribution >= 4 is 27.7 Å². The fourth-order valence-corrected chi connectivity index (χ4v) is 3.62. The summed E-state index contributed by atoms with van der Waals surface area (Å²) in [5.41, 5.74) is 3.65. The van der Waals surface area contributed by atoms with E-state index >= 15 is 0 Å². The summed E-state index contributed by atoms with van der Waals surface area (Å²) in [4.78, 5) is 12.5. The zero-order chi connectivity index (χ0) is 18.1. The van der Waals surface area contributed by atoms with Gasteiger partial charge in [0.2, 0.25) is 5.91 Å². The minimum Gasteiger partial charge on any atom is -0.308 e. The van der Waals surface area contributed by atoms with Crippen LogP contribution in [0.1, 0.15) is 29.0 Å². The van der Waals surface area contributed by atoms with E-state index in [0.717, 1.165) is 10.9 Å². The summed E-state index contributed by atoms with van der Waals surface area (Å²) in [6.45, 7) is 2.74. The molecule has 0 aliphatic heterocycles. The lowest BCUT2D eigenvalue weighted by molar-refractivity contribution is -0.117. The predicted molar refractivity (Wildman–Crippen MR) is 106 cm³/mol. The van der Waals surface area contributed by atoms with Crippen LogP contribution in [0.4, 0.5) is 5.82 Å². The van der Waals surface area contributed by atoms with E-state index in [1.54, 1.807) is 0 Å². The van der Waals surface area contributed by atoms with Gasteiger partial charge in [-0.25, -0.2) is 0 Å². The molecule has 0 unspecified atom stereocenters. The third-order valence-corrected chi connectivity index (χ3v) is 5.36. The fourth-order valence-electron chi connectivity index (χ4n) is 3.21. The van der Waals surface area contributed by atoms with Crippen LogP contribution in [0.15, 0.2) is 65.3 Å². The average molecular weight is 410 g/mol. The first-order valence-electron chi connectivity index (χ1n) is 8.74. The Kier molecular flexibility index (Phi) is 4.64. The second-order valence-electron chi connectivity index (χ2n) is 6.86. The highest BCUT2D eigenvalue weighted by Gasteiger charge is 2.44. The maximum absolute atomic E-state index is 12.5. The number of benzene rings is 2. The highest BCUT2D eigenvalue weighted by molar-refractivity contribution is 9.10. The van der Waals surface area contributed by atoms with E-state index in [1.165, 1.54) is 16.7 Å². The third-order valence-electron chi connectivity index (χ3n) is 4.78. The molecular weight excluding hydrogens is 390 g/mol. The molecule has 1 fully saturated rings. The molecule has 1 amide bonds. The zero-order valence-corrected chi connectivity index (χ0v) is 16.1. The Morgan fingerprint density at radius 2 is 1.92 bits per heavy atom. The predicted octanol–water partition coefficient (Wildman–Crippen LogP) is 4.74. The number of amides is 1. The lowest BCUT2D eigenvalue weighted by atomic mass is 10.1. The Labute approximate surface area is 161 Å². The first-order chi connectivity index (χ1) is 12.6. The lowest BCUT2D eigenvalue weighted by Crippen LogP contribution is -2.15. The van der Waals surface area contributed by atoms with Crippen LogP contribution < -0.4 is 5.32 Å². The van der Waals surface area contributed by atoms with E-state index in [-0.39, 0.29) is 11.8 Å². The topological polar surface area (TPSA) is 46.9 Å². The largest absolute Gasteiger partial charge is 0.308 e. The third kappa shape index (κ3) is 3.73. The first-order valence-corrected chi connectivity index (χ1v) is 9.54. The molecule has 1 aliphatic carbocycles. The molecule has 0 bridgehead atoms. The highest BCUT2D eigenvalue weighted by Crippen LogP contribution is 2.48. The van der Waals surface area contributed by atoms with Crippen molar-refractivity contribution in [1.82, 2.24) is 9.78 Å². The molecule has 1 aromatic heterocycles. The number of nitrogens with zero attached hydrogens (tertiary/aromatic N) is 2. The van der Waals surface area contributed by atoms with Crippen LogP contribution in [0.5, 0.6) is 0 Å². The molecule has 4 rings (SSSR count). The highest BCUT2D eigenvalue weighted by atomic mass is 79.9. The number of carbonyl (C=O) groups excluding carboxylic acids is 1. The van der Waals surface area contributed by atoms with E-state index in [4.69, 9.17) is 0 Å². The van der Waals surface area contributed by atoms with Gasteiger partial charge in [0.15, 0.2) is 5.82 Å². The van der Waals surface area contributed by atoms with Gasteiger partial charge in [0.1, 0.15) is 0 Å². The SMILES string of the molecule is Cc1ccc(Cn2cc(Br)c(NC(=O)[C@H]3C[C@@H]3c3ccccc3)n2)cc1. The number of hydrogen-bond acceptors (Lipinski definition) is 2. The van der Waals surface area contributed by atoms with Crippen LogP contribution in [0.3, 0.4) is 0 Å². The van der Waals surface area contributed by atoms with E-state index in [9.17, 15) is 4.79 Å². The van der Waals surface area contributed by atoms with Crippen molar-refractivity contribution in [3.63, 3.8) is 0 Å². The van der Waals surface area contributed by atoms with Gasteiger partial charge in [0, 0.05) is 12.1 Å². The monoisotopic (exact) mass is 409 g/mol. The van der Waals surface area contributed by atoms with Gasteiger partial charge in [0.05, 0.1) is 11.0 Å². The average Bonchev–Trinajstić information content (AvgIpc) is 3.38. The van der Waals surface area contributed by atoms with Gasteiger partial charge in [-0.3, -0.25) is 9.48 Å². The van der Waals surface area contributed by atoms with Crippen molar-refractivity contribution in [2.24, 2.45) is 5.92 Å². The summed E-state index contributed by atoms with van der Waals surface area (Å²) < 4.78 is 2.64. The Bertz CT molecular complexity index is 918. The number of carbonyl (C=O) groups is 1. The van der Waals surface area contributed by atoms with E-state index in [0.29, 0.717) is 18.3 Å². The minimum absolute atomic E-state index is 0.0338. The van der Waals surface area contributed by atoms with Crippen LogP contribution in [-0.4, -0.2) is 15.7 Å². The van der Waals surface area contributed by atoms with Crippen LogP contribution >= 0.6 is 15.9 Å². The van der Waals surface area contributed by atoms with E-state index in [2.05, 4.69) is 69.7 Å². The van der Waals surface area contributed by atoms with Crippen molar-refractivity contribution < 1.29 is 4.79 Å². The number of aromatic nitrogens is 2. The van der Waals surface area contributed by atoms with Gasteiger partial charge in [-0.1, -0.05) is 60.2 Å². The van der Waals surface area contributed by atoms with Gasteiger partial charge in [0.25, 0.3) is 0 Å². The normalized spacial score (nSPS) is 18.5. The van der Waals surface area contributed by atoms with Crippen molar-refractivity contribution in [3.05, 3.63) is 82.0 Å². The van der Waals surface area contributed by atoms with Crippen molar-refractivity contribution in [1.29, 1.82) is 0 Å². The summed E-state index contributed by atoms with van der Waals surface area (Å²) in [6, 6.07) is 18.6. The number of aryl methyl sites for hydroxylation is 1. The summed E-state index contributed by atoms with van der Waals surface area (Å²) in [5.74, 6) is 0.983. The molecule has 0 saturated heterocycles. The summed E-state index contributed by atoms with van der Waals surface area (Å²) >= 11 is 3.50. The Morgan fingerprint density at radius 3 is 2.65 bits per heavy atom. The van der Waals surface area contributed by atoms with Gasteiger partial charge in [-0.2, -0.15) is 5.10 Å². The number of rotatable bonds is 5. The van der Waals surface area contributed by atoms with Crippen LogP contribution in [0, 0.1) is 12.8 Å². The van der Waals surface area contributed by atoms with E-state index < -0.39 is 0 Å². The van der Waals surface area contributed by atoms with Crippen molar-refractivity contribution in [2.75, 3.05) is 5.32 Å². The van der Waals surface area contributed by atoms with Gasteiger partial charge >= 0.3 is 0 Å². The summed E-state index contributed by atoms with van der Waals surface area (Å²) in [6.07, 6.45) is 2.80. The number of anilines is 1. The molecule has 0 radical (unpaired) electrons. The van der Waals surface area contributed by atoms with Gasteiger partial charge < -0.3 is 5.32 Å². The van der Waals surface area contributed by atoms with Crippen LogP contribution in [0.2, 0.25) is 0 Å². The molecule has 1 heterocycles. The van der Waals surface area contributed by atoms with Gasteiger partial charge in [-0.05, 0) is 46.3 Å². The fraction of sp³-hybridized carbons (Fsp3) is 0.238. The molecule has 26 heavy (non-hydrogen) atoms. The molecule has 5 heteroatoms. The number of halogens is 1. The van der Waals surface area contributed by atoms with Crippen LogP contribution in [0.25, 0.3) is 0 Å². The Hall–Kier alpha value is -2.40. The molecular formula is C21H20BrN3O. The molecule has 1 saturated carbocycles.